The molecule has 2 aromatic carbocycles. The Labute approximate surface area is 127 Å². The van der Waals surface area contributed by atoms with E-state index in [1.165, 1.54) is 11.1 Å². The molecule has 0 amide bonds. The van der Waals surface area contributed by atoms with Crippen LogP contribution < -0.4 is 24.0 Å². The third-order valence-electron chi connectivity index (χ3n) is 2.91. The summed E-state index contributed by atoms with van der Waals surface area (Å²) in [5.74, 6) is 0. The maximum absolute atomic E-state index is 2.28. The molecule has 2 aromatic rings. The summed E-state index contributed by atoms with van der Waals surface area (Å²) in [6, 6.07) is 21.4. The lowest BCUT2D eigenvalue weighted by Gasteiger charge is -2.30. The molecule has 2 rings (SSSR count). The first-order valence-corrected chi connectivity index (χ1v) is 6.06. The van der Waals surface area contributed by atoms with Gasteiger partial charge in [0.05, 0.1) is 14.1 Å². The predicted octanol–water partition coefficient (Wildman–Crippen LogP) is 0.467. The van der Waals surface area contributed by atoms with Crippen molar-refractivity contribution in [3.05, 3.63) is 71.8 Å². The first-order chi connectivity index (χ1) is 8.16. The Morgan fingerprint density at radius 3 is 1.33 bits per heavy atom. The molecule has 0 fully saturated rings. The average molecular weight is 353 g/mol. The highest BCUT2D eigenvalue weighted by Crippen LogP contribution is 2.14. The SMILES string of the molecule is C[N+](C)(Cc1ccccc1)Cc1ccccc1.[I-]. The molecular weight excluding hydrogens is 333 g/mol. The summed E-state index contributed by atoms with van der Waals surface area (Å²) in [4.78, 5) is 0. The largest absolute Gasteiger partial charge is 1.00 e. The smallest absolute Gasteiger partial charge is 0.104 e. The van der Waals surface area contributed by atoms with Crippen LogP contribution in [-0.4, -0.2) is 18.6 Å². The molecule has 0 atom stereocenters. The van der Waals surface area contributed by atoms with Gasteiger partial charge in [0, 0.05) is 11.1 Å². The molecule has 0 N–H and O–H groups in total. The van der Waals surface area contributed by atoms with Crippen molar-refractivity contribution < 1.29 is 28.5 Å². The molecule has 0 saturated carbocycles. The molecule has 96 valence electrons. The van der Waals surface area contributed by atoms with Crippen molar-refractivity contribution in [3.8, 4) is 0 Å². The molecule has 0 bridgehead atoms. The summed E-state index contributed by atoms with van der Waals surface area (Å²) in [6.07, 6.45) is 0. The quantitative estimate of drug-likeness (QED) is 0.554. The van der Waals surface area contributed by atoms with Gasteiger partial charge in [-0.1, -0.05) is 60.7 Å². The summed E-state index contributed by atoms with van der Waals surface area (Å²) in [5, 5.41) is 0. The van der Waals surface area contributed by atoms with Gasteiger partial charge in [-0.05, 0) is 0 Å². The van der Waals surface area contributed by atoms with E-state index in [1.807, 2.05) is 0 Å². The lowest BCUT2D eigenvalue weighted by molar-refractivity contribution is -0.916. The van der Waals surface area contributed by atoms with Gasteiger partial charge in [0.2, 0.25) is 0 Å². The van der Waals surface area contributed by atoms with Crippen LogP contribution in [0.25, 0.3) is 0 Å². The zero-order valence-electron chi connectivity index (χ0n) is 11.0. The first-order valence-electron chi connectivity index (χ1n) is 6.06. The maximum Gasteiger partial charge on any atom is 0.104 e. The highest BCUT2D eigenvalue weighted by molar-refractivity contribution is 5.15. The van der Waals surface area contributed by atoms with Crippen molar-refractivity contribution in [2.75, 3.05) is 14.1 Å². The summed E-state index contributed by atoms with van der Waals surface area (Å²) in [7, 11) is 4.56. The highest BCUT2D eigenvalue weighted by atomic mass is 127. The summed E-state index contributed by atoms with van der Waals surface area (Å²) in [6.45, 7) is 2.13. The third-order valence-corrected chi connectivity index (χ3v) is 2.91. The third kappa shape index (κ3) is 4.78. The van der Waals surface area contributed by atoms with Crippen LogP contribution in [0.3, 0.4) is 0 Å². The Kier molecular flexibility index (Phi) is 5.82. The van der Waals surface area contributed by atoms with Crippen LogP contribution in [0.1, 0.15) is 11.1 Å². The van der Waals surface area contributed by atoms with Crippen LogP contribution in [-0.2, 0) is 13.1 Å². The molecule has 0 unspecified atom stereocenters. The second-order valence-electron chi connectivity index (χ2n) is 5.22. The molecule has 0 radical (unpaired) electrons. The molecule has 0 saturated heterocycles. The van der Waals surface area contributed by atoms with E-state index >= 15 is 0 Å². The van der Waals surface area contributed by atoms with Crippen LogP contribution in [0.5, 0.6) is 0 Å². The monoisotopic (exact) mass is 353 g/mol. The molecule has 0 spiro atoms. The molecule has 0 heterocycles. The topological polar surface area (TPSA) is 0 Å². The first kappa shape index (κ1) is 15.2. The number of hydrogen-bond acceptors (Lipinski definition) is 0. The van der Waals surface area contributed by atoms with E-state index in [0.29, 0.717) is 0 Å². The van der Waals surface area contributed by atoms with Crippen LogP contribution in [0.4, 0.5) is 0 Å². The van der Waals surface area contributed by atoms with Gasteiger partial charge in [-0.25, -0.2) is 0 Å². The Morgan fingerprint density at radius 1 is 0.667 bits per heavy atom. The molecular formula is C16H20IN. The van der Waals surface area contributed by atoms with Crippen molar-refractivity contribution in [1.29, 1.82) is 0 Å². The lowest BCUT2D eigenvalue weighted by Crippen LogP contribution is -3.00. The number of nitrogens with zero attached hydrogens (tertiary/aromatic N) is 1. The van der Waals surface area contributed by atoms with Crippen molar-refractivity contribution in [1.82, 2.24) is 0 Å². The predicted molar refractivity (Wildman–Crippen MR) is 72.4 cm³/mol. The summed E-state index contributed by atoms with van der Waals surface area (Å²) >= 11 is 0. The van der Waals surface area contributed by atoms with Gasteiger partial charge in [0.1, 0.15) is 13.1 Å². The van der Waals surface area contributed by atoms with Crippen molar-refractivity contribution >= 4 is 0 Å². The fourth-order valence-corrected chi connectivity index (χ4v) is 2.21. The summed E-state index contributed by atoms with van der Waals surface area (Å²) in [5.41, 5.74) is 2.79. The molecule has 0 aliphatic carbocycles. The van der Waals surface area contributed by atoms with Crippen LogP contribution in [0.15, 0.2) is 60.7 Å². The van der Waals surface area contributed by atoms with E-state index in [9.17, 15) is 0 Å². The average Bonchev–Trinajstić information content (AvgIpc) is 2.30. The number of rotatable bonds is 4. The second kappa shape index (κ2) is 6.90. The van der Waals surface area contributed by atoms with Gasteiger partial charge in [-0.2, -0.15) is 0 Å². The normalized spacial score (nSPS) is 10.8. The second-order valence-corrected chi connectivity index (χ2v) is 5.22. The zero-order valence-corrected chi connectivity index (χ0v) is 13.2. The highest BCUT2D eigenvalue weighted by Gasteiger charge is 2.16. The number of hydrogen-bond donors (Lipinski definition) is 0. The minimum atomic E-state index is 0. The fraction of sp³-hybridized carbons (Fsp3) is 0.250. The molecule has 1 nitrogen and oxygen atoms in total. The van der Waals surface area contributed by atoms with Crippen molar-refractivity contribution in [3.63, 3.8) is 0 Å². The maximum atomic E-state index is 2.28. The van der Waals surface area contributed by atoms with E-state index in [0.717, 1.165) is 17.6 Å². The lowest BCUT2D eigenvalue weighted by atomic mass is 10.1. The Morgan fingerprint density at radius 2 is 1.00 bits per heavy atom. The molecule has 0 aliphatic heterocycles. The van der Waals surface area contributed by atoms with Crippen molar-refractivity contribution in [2.45, 2.75) is 13.1 Å². The van der Waals surface area contributed by atoms with Crippen LogP contribution in [0.2, 0.25) is 0 Å². The van der Waals surface area contributed by atoms with E-state index in [1.54, 1.807) is 0 Å². The van der Waals surface area contributed by atoms with E-state index in [2.05, 4.69) is 74.8 Å². The van der Waals surface area contributed by atoms with Gasteiger partial charge in [-0.3, -0.25) is 0 Å². The van der Waals surface area contributed by atoms with Gasteiger partial charge in [0.15, 0.2) is 0 Å². The van der Waals surface area contributed by atoms with Gasteiger partial charge in [0.25, 0.3) is 0 Å². The van der Waals surface area contributed by atoms with E-state index in [-0.39, 0.29) is 24.0 Å². The Hall–Kier alpha value is -0.870. The number of quaternary nitrogens is 1. The van der Waals surface area contributed by atoms with Crippen molar-refractivity contribution in [2.24, 2.45) is 0 Å². The number of halogens is 1. The van der Waals surface area contributed by atoms with Crippen LogP contribution >= 0.6 is 0 Å². The minimum Gasteiger partial charge on any atom is -1.00 e. The van der Waals surface area contributed by atoms with Gasteiger partial charge in [-0.15, -0.1) is 0 Å². The zero-order chi connectivity index (χ0) is 12.1. The molecule has 0 aliphatic rings. The van der Waals surface area contributed by atoms with E-state index < -0.39 is 0 Å². The molecule has 2 heteroatoms. The molecule has 0 aromatic heterocycles. The summed E-state index contributed by atoms with van der Waals surface area (Å²) < 4.78 is 0.980. The molecule has 18 heavy (non-hydrogen) atoms. The Balaban J connectivity index is 0.00000162. The standard InChI is InChI=1S/C16H20N.HI/c1-17(2,13-15-9-5-3-6-10-15)14-16-11-7-4-8-12-16;/h3-12H,13-14H2,1-2H3;1H/q+1;/p-1. The fourth-order valence-electron chi connectivity index (χ4n) is 2.21. The van der Waals surface area contributed by atoms with Gasteiger partial charge < -0.3 is 28.5 Å². The minimum absolute atomic E-state index is 0. The van der Waals surface area contributed by atoms with E-state index in [4.69, 9.17) is 0 Å². The van der Waals surface area contributed by atoms with Gasteiger partial charge >= 0.3 is 0 Å². The van der Waals surface area contributed by atoms with Crippen LogP contribution in [0, 0.1) is 0 Å². The Bertz CT molecular complexity index is 408. The number of benzene rings is 2.